The van der Waals surface area contributed by atoms with Crippen molar-refractivity contribution in [1.29, 1.82) is 0 Å². The number of carbonyl (C=O) groups is 2. The molecule has 0 radical (unpaired) electrons. The van der Waals surface area contributed by atoms with E-state index < -0.39 is 0 Å². The SMILES string of the molecule is Cc1csc(Sc2ccc(NC(=O)N3CCN(C(=O)c4ccco4)CC3)cc2)n1. The Morgan fingerprint density at radius 2 is 1.83 bits per heavy atom. The molecule has 0 spiro atoms. The largest absolute Gasteiger partial charge is 0.459 e. The van der Waals surface area contributed by atoms with E-state index in [4.69, 9.17) is 4.42 Å². The van der Waals surface area contributed by atoms with Crippen LogP contribution in [0.3, 0.4) is 0 Å². The van der Waals surface area contributed by atoms with Crippen LogP contribution in [0.1, 0.15) is 16.2 Å². The monoisotopic (exact) mass is 428 g/mol. The first kappa shape index (κ1) is 19.5. The topological polar surface area (TPSA) is 78.7 Å². The van der Waals surface area contributed by atoms with Crippen molar-refractivity contribution in [2.75, 3.05) is 31.5 Å². The number of furan rings is 1. The van der Waals surface area contributed by atoms with E-state index in [0.29, 0.717) is 31.9 Å². The second-order valence-corrected chi connectivity index (χ2v) is 8.75. The predicted octanol–water partition coefficient (Wildman–Crippen LogP) is 4.19. The minimum absolute atomic E-state index is 0.140. The number of carbonyl (C=O) groups excluding carboxylic acids is 2. The van der Waals surface area contributed by atoms with Crippen molar-refractivity contribution in [1.82, 2.24) is 14.8 Å². The lowest BCUT2D eigenvalue weighted by molar-refractivity contribution is 0.0640. The van der Waals surface area contributed by atoms with Gasteiger partial charge in [-0.1, -0.05) is 11.8 Å². The molecule has 3 amide bonds. The van der Waals surface area contributed by atoms with E-state index in [1.807, 2.05) is 36.6 Å². The zero-order valence-corrected chi connectivity index (χ0v) is 17.5. The molecule has 1 N–H and O–H groups in total. The van der Waals surface area contributed by atoms with Gasteiger partial charge in [-0.15, -0.1) is 11.3 Å². The number of nitrogens with zero attached hydrogens (tertiary/aromatic N) is 3. The summed E-state index contributed by atoms with van der Waals surface area (Å²) in [6, 6.07) is 10.9. The van der Waals surface area contributed by atoms with Gasteiger partial charge in [-0.05, 0) is 43.3 Å². The van der Waals surface area contributed by atoms with E-state index in [9.17, 15) is 9.59 Å². The molecule has 29 heavy (non-hydrogen) atoms. The molecule has 0 bridgehead atoms. The first-order chi connectivity index (χ1) is 14.1. The highest BCUT2D eigenvalue weighted by molar-refractivity contribution is 8.01. The minimum Gasteiger partial charge on any atom is -0.459 e. The number of hydrogen-bond acceptors (Lipinski definition) is 6. The van der Waals surface area contributed by atoms with Crippen LogP contribution in [0.2, 0.25) is 0 Å². The van der Waals surface area contributed by atoms with Crippen molar-refractivity contribution in [2.24, 2.45) is 0 Å². The molecule has 1 aromatic carbocycles. The lowest BCUT2D eigenvalue weighted by Crippen LogP contribution is -2.51. The van der Waals surface area contributed by atoms with Gasteiger partial charge in [-0.25, -0.2) is 9.78 Å². The van der Waals surface area contributed by atoms with Crippen molar-refractivity contribution in [3.8, 4) is 0 Å². The Labute approximate surface area is 176 Å². The van der Waals surface area contributed by atoms with Crippen LogP contribution in [0.5, 0.6) is 0 Å². The molecule has 150 valence electrons. The molecular formula is C20H20N4O3S2. The van der Waals surface area contributed by atoms with E-state index >= 15 is 0 Å². The number of aromatic nitrogens is 1. The van der Waals surface area contributed by atoms with Crippen LogP contribution in [0.15, 0.2) is 61.7 Å². The van der Waals surface area contributed by atoms with Crippen LogP contribution < -0.4 is 5.32 Å². The van der Waals surface area contributed by atoms with E-state index in [1.165, 1.54) is 6.26 Å². The fourth-order valence-electron chi connectivity index (χ4n) is 2.96. The van der Waals surface area contributed by atoms with Crippen LogP contribution >= 0.6 is 23.1 Å². The molecule has 7 nitrogen and oxygen atoms in total. The number of benzene rings is 1. The number of anilines is 1. The molecule has 4 rings (SSSR count). The second-order valence-electron chi connectivity index (χ2n) is 6.57. The average Bonchev–Trinajstić information content (AvgIpc) is 3.41. The number of piperazine rings is 1. The molecule has 1 saturated heterocycles. The van der Waals surface area contributed by atoms with Crippen molar-refractivity contribution < 1.29 is 14.0 Å². The van der Waals surface area contributed by atoms with Gasteiger partial charge in [0.05, 0.1) is 6.26 Å². The summed E-state index contributed by atoms with van der Waals surface area (Å²) in [5, 5.41) is 4.95. The van der Waals surface area contributed by atoms with Gasteiger partial charge in [0.1, 0.15) is 0 Å². The molecule has 1 fully saturated rings. The highest BCUT2D eigenvalue weighted by Gasteiger charge is 2.26. The van der Waals surface area contributed by atoms with Crippen LogP contribution in [0, 0.1) is 6.92 Å². The summed E-state index contributed by atoms with van der Waals surface area (Å²) < 4.78 is 6.16. The third kappa shape index (κ3) is 4.80. The second kappa shape index (κ2) is 8.71. The zero-order valence-electron chi connectivity index (χ0n) is 15.8. The van der Waals surface area contributed by atoms with Crippen LogP contribution in [-0.4, -0.2) is 52.9 Å². The molecule has 0 saturated carbocycles. The Hall–Kier alpha value is -2.78. The third-order valence-electron chi connectivity index (χ3n) is 4.49. The van der Waals surface area contributed by atoms with E-state index in [2.05, 4.69) is 10.3 Å². The maximum absolute atomic E-state index is 12.5. The predicted molar refractivity (Wildman–Crippen MR) is 113 cm³/mol. The number of aryl methyl sites for hydroxylation is 1. The van der Waals surface area contributed by atoms with Gasteiger partial charge in [0, 0.05) is 47.8 Å². The Bertz CT molecular complexity index is 978. The molecule has 3 heterocycles. The molecule has 1 aliphatic heterocycles. The fourth-order valence-corrected chi connectivity index (χ4v) is 4.77. The Balaban J connectivity index is 1.28. The summed E-state index contributed by atoms with van der Waals surface area (Å²) in [7, 11) is 0. The number of amides is 3. The number of rotatable bonds is 4. The van der Waals surface area contributed by atoms with Crippen LogP contribution in [-0.2, 0) is 0 Å². The van der Waals surface area contributed by atoms with Gasteiger partial charge in [0.25, 0.3) is 5.91 Å². The molecule has 9 heteroatoms. The maximum Gasteiger partial charge on any atom is 0.321 e. The molecule has 3 aromatic rings. The van der Waals surface area contributed by atoms with E-state index in [0.717, 1.165) is 20.6 Å². The lowest BCUT2D eigenvalue weighted by atomic mass is 10.3. The minimum atomic E-state index is -0.161. The normalized spacial score (nSPS) is 14.1. The first-order valence-electron chi connectivity index (χ1n) is 9.17. The Morgan fingerprint density at radius 3 is 2.45 bits per heavy atom. The molecular weight excluding hydrogens is 408 g/mol. The fraction of sp³-hybridized carbons (Fsp3) is 0.250. The van der Waals surface area contributed by atoms with Crippen LogP contribution in [0.4, 0.5) is 10.5 Å². The van der Waals surface area contributed by atoms with Gasteiger partial charge in [0.2, 0.25) is 0 Å². The van der Waals surface area contributed by atoms with E-state index in [1.54, 1.807) is 45.0 Å². The number of urea groups is 1. The highest BCUT2D eigenvalue weighted by atomic mass is 32.2. The summed E-state index contributed by atoms with van der Waals surface area (Å²) in [4.78, 5) is 33.8. The molecule has 0 atom stereocenters. The smallest absolute Gasteiger partial charge is 0.321 e. The summed E-state index contributed by atoms with van der Waals surface area (Å²) in [6.07, 6.45) is 1.48. The van der Waals surface area contributed by atoms with Gasteiger partial charge in [-0.2, -0.15) is 0 Å². The Kier molecular flexibility index (Phi) is 5.86. The average molecular weight is 429 g/mol. The summed E-state index contributed by atoms with van der Waals surface area (Å²) in [5.74, 6) is 0.187. The molecule has 0 unspecified atom stereocenters. The van der Waals surface area contributed by atoms with Crippen molar-refractivity contribution >= 4 is 40.7 Å². The number of thiazole rings is 1. The van der Waals surface area contributed by atoms with Crippen LogP contribution in [0.25, 0.3) is 0 Å². The van der Waals surface area contributed by atoms with E-state index in [-0.39, 0.29) is 11.9 Å². The summed E-state index contributed by atoms with van der Waals surface area (Å²) in [5.41, 5.74) is 1.76. The summed E-state index contributed by atoms with van der Waals surface area (Å²) in [6.45, 7) is 3.91. The first-order valence-corrected chi connectivity index (χ1v) is 10.9. The van der Waals surface area contributed by atoms with Gasteiger partial charge in [0.15, 0.2) is 10.1 Å². The van der Waals surface area contributed by atoms with Crippen molar-refractivity contribution in [2.45, 2.75) is 16.2 Å². The van der Waals surface area contributed by atoms with Gasteiger partial charge < -0.3 is 19.5 Å². The molecule has 2 aromatic heterocycles. The third-order valence-corrected chi connectivity index (χ3v) is 6.56. The zero-order chi connectivity index (χ0) is 20.2. The van der Waals surface area contributed by atoms with Crippen molar-refractivity contribution in [3.05, 3.63) is 59.5 Å². The van der Waals surface area contributed by atoms with Crippen molar-refractivity contribution in [3.63, 3.8) is 0 Å². The number of hydrogen-bond donors (Lipinski definition) is 1. The Morgan fingerprint density at radius 1 is 1.10 bits per heavy atom. The van der Waals surface area contributed by atoms with Gasteiger partial charge in [-0.3, -0.25) is 4.79 Å². The standard InChI is InChI=1S/C20H20N4O3S2/c1-14-13-28-20(21-14)29-16-6-4-15(5-7-16)22-19(26)24-10-8-23(9-11-24)18(25)17-3-2-12-27-17/h2-7,12-13H,8-11H2,1H3,(H,22,26). The quantitative estimate of drug-likeness (QED) is 0.674. The summed E-state index contributed by atoms with van der Waals surface area (Å²) >= 11 is 3.23. The maximum atomic E-state index is 12.5. The highest BCUT2D eigenvalue weighted by Crippen LogP contribution is 2.30. The molecule has 0 aliphatic carbocycles. The lowest BCUT2D eigenvalue weighted by Gasteiger charge is -2.34. The number of nitrogens with one attached hydrogen (secondary N) is 1. The molecule has 1 aliphatic rings. The van der Waals surface area contributed by atoms with Gasteiger partial charge >= 0.3 is 6.03 Å².